The van der Waals surface area contributed by atoms with Crippen molar-refractivity contribution in [1.82, 2.24) is 10.4 Å². The van der Waals surface area contributed by atoms with Crippen LogP contribution in [0.2, 0.25) is 5.02 Å². The number of rotatable bonds is 5. The maximum Gasteiger partial charge on any atom is 0.340 e. The van der Waals surface area contributed by atoms with E-state index in [1.165, 1.54) is 16.3 Å². The predicted octanol–water partition coefficient (Wildman–Crippen LogP) is 5.61. The Morgan fingerprint density at radius 3 is 2.58 bits per heavy atom. The number of halogens is 1. The molecule has 0 radical (unpaired) electrons. The predicted molar refractivity (Wildman–Crippen MR) is 150 cm³/mol. The van der Waals surface area contributed by atoms with Crippen LogP contribution in [0.3, 0.4) is 0 Å². The highest BCUT2D eigenvalue weighted by Crippen LogP contribution is 2.35. The van der Waals surface area contributed by atoms with Crippen LogP contribution in [0.25, 0.3) is 10.1 Å². The maximum absolute atomic E-state index is 13.4. The molecule has 4 amide bonds. The van der Waals surface area contributed by atoms with Crippen LogP contribution in [0.5, 0.6) is 0 Å². The third-order valence-electron chi connectivity index (χ3n) is 6.13. The van der Waals surface area contributed by atoms with Crippen LogP contribution in [0, 0.1) is 6.92 Å². The number of hydrogen-bond acceptors (Lipinski definition) is 5. The lowest BCUT2D eigenvalue weighted by Gasteiger charge is -2.28. The highest BCUT2D eigenvalue weighted by Gasteiger charge is 2.24. The molecule has 2 N–H and O–H groups in total. The molecule has 1 aliphatic heterocycles. The molecule has 0 unspecified atom stereocenters. The van der Waals surface area contributed by atoms with Gasteiger partial charge in [-0.3, -0.25) is 15.0 Å². The zero-order chi connectivity index (χ0) is 26.6. The molecule has 5 rings (SSSR count). The Morgan fingerprint density at radius 2 is 1.84 bits per heavy atom. The largest absolute Gasteiger partial charge is 0.370 e. The summed E-state index contributed by atoms with van der Waals surface area (Å²) in [5.74, 6) is -0.576. The molecule has 4 aromatic rings. The molecule has 0 atom stereocenters. The van der Waals surface area contributed by atoms with E-state index in [2.05, 4.69) is 10.7 Å². The fourth-order valence-electron chi connectivity index (χ4n) is 4.26. The summed E-state index contributed by atoms with van der Waals surface area (Å²) in [6.07, 6.45) is 0. The summed E-state index contributed by atoms with van der Waals surface area (Å²) in [4.78, 5) is 40.9. The van der Waals surface area contributed by atoms with Gasteiger partial charge < -0.3 is 15.0 Å². The van der Waals surface area contributed by atoms with Crippen molar-refractivity contribution < 1.29 is 19.1 Å². The zero-order valence-electron chi connectivity index (χ0n) is 20.6. The summed E-state index contributed by atoms with van der Waals surface area (Å²) in [6, 6.07) is 21.7. The number of aryl methyl sites for hydroxylation is 1. The second-order valence-electron chi connectivity index (χ2n) is 8.78. The normalized spacial score (nSPS) is 13.4. The molecule has 1 saturated heterocycles. The number of hydrogen-bond donors (Lipinski definition) is 2. The van der Waals surface area contributed by atoms with Crippen molar-refractivity contribution in [3.8, 4) is 0 Å². The fraction of sp³-hybridized carbons (Fsp3) is 0.179. The minimum absolute atomic E-state index is 0.0515. The Labute approximate surface area is 228 Å². The number of urea groups is 1. The number of hydrazine groups is 1. The van der Waals surface area contributed by atoms with Crippen LogP contribution >= 0.6 is 22.9 Å². The standard InChI is InChI=1S/C28H25ClN4O4S/c1-18-15-20(11-12-22(18)32-13-14-37-17-24(32)34)30-28(36)33(16-19-7-3-2-4-8-19)31-27(35)26-25(29)21-9-5-6-10-23(21)38-26/h2-12,15H,13-14,16-17H2,1H3,(H,30,36)(H,31,35). The van der Waals surface area contributed by atoms with Gasteiger partial charge in [-0.05, 0) is 42.3 Å². The lowest BCUT2D eigenvalue weighted by molar-refractivity contribution is -0.125. The maximum atomic E-state index is 13.4. The number of thiophene rings is 1. The van der Waals surface area contributed by atoms with Gasteiger partial charge in [-0.15, -0.1) is 11.3 Å². The van der Waals surface area contributed by atoms with Gasteiger partial charge in [-0.1, -0.05) is 60.1 Å². The molecule has 8 nitrogen and oxygen atoms in total. The van der Waals surface area contributed by atoms with E-state index >= 15 is 0 Å². The van der Waals surface area contributed by atoms with E-state index < -0.39 is 11.9 Å². The van der Waals surface area contributed by atoms with Crippen LogP contribution in [0.1, 0.15) is 20.8 Å². The van der Waals surface area contributed by atoms with Gasteiger partial charge in [-0.25, -0.2) is 9.80 Å². The highest BCUT2D eigenvalue weighted by atomic mass is 35.5. The van der Waals surface area contributed by atoms with Crippen LogP contribution in [-0.4, -0.2) is 42.6 Å². The number of benzene rings is 3. The molecule has 194 valence electrons. The van der Waals surface area contributed by atoms with Crippen molar-refractivity contribution in [3.63, 3.8) is 0 Å². The molecule has 10 heteroatoms. The monoisotopic (exact) mass is 548 g/mol. The van der Waals surface area contributed by atoms with Crippen molar-refractivity contribution in [2.45, 2.75) is 13.5 Å². The first-order chi connectivity index (χ1) is 18.4. The molecule has 1 aliphatic rings. The summed E-state index contributed by atoms with van der Waals surface area (Å²) in [7, 11) is 0. The average Bonchev–Trinajstić information content (AvgIpc) is 3.26. The molecule has 0 saturated carbocycles. The molecule has 0 spiro atoms. The number of nitrogens with one attached hydrogen (secondary N) is 2. The van der Waals surface area contributed by atoms with E-state index in [-0.39, 0.29) is 19.1 Å². The number of carbonyl (C=O) groups excluding carboxylic acids is 3. The SMILES string of the molecule is Cc1cc(NC(=O)N(Cc2ccccc2)NC(=O)c2sc3ccccc3c2Cl)ccc1N1CCOCC1=O. The number of fused-ring (bicyclic) bond motifs is 1. The third kappa shape index (κ3) is 5.50. The molecular formula is C28H25ClN4O4S. The van der Waals surface area contributed by atoms with Crippen LogP contribution in [-0.2, 0) is 16.1 Å². The van der Waals surface area contributed by atoms with E-state index in [1.807, 2.05) is 61.5 Å². The van der Waals surface area contributed by atoms with E-state index in [9.17, 15) is 14.4 Å². The minimum Gasteiger partial charge on any atom is -0.370 e. The van der Waals surface area contributed by atoms with Gasteiger partial charge in [0.05, 0.1) is 18.2 Å². The summed E-state index contributed by atoms with van der Waals surface area (Å²) in [5, 5.41) is 5.23. The second-order valence-corrected chi connectivity index (χ2v) is 10.2. The van der Waals surface area contributed by atoms with Crippen LogP contribution in [0.4, 0.5) is 16.2 Å². The van der Waals surface area contributed by atoms with Crippen molar-refractivity contribution >= 4 is 62.2 Å². The summed E-state index contributed by atoms with van der Waals surface area (Å²) >= 11 is 7.78. The van der Waals surface area contributed by atoms with Crippen molar-refractivity contribution in [2.24, 2.45) is 0 Å². The van der Waals surface area contributed by atoms with E-state index in [0.29, 0.717) is 28.7 Å². The Hall–Kier alpha value is -3.92. The first-order valence-corrected chi connectivity index (χ1v) is 13.2. The summed E-state index contributed by atoms with van der Waals surface area (Å²) in [6.45, 7) is 3.01. The van der Waals surface area contributed by atoms with Crippen LogP contribution < -0.4 is 15.6 Å². The topological polar surface area (TPSA) is 91.0 Å². The van der Waals surface area contributed by atoms with Crippen molar-refractivity contribution in [3.05, 3.63) is 93.8 Å². The van der Waals surface area contributed by atoms with Gasteiger partial charge in [0.1, 0.15) is 11.5 Å². The molecule has 1 aromatic heterocycles. The quantitative estimate of drug-likeness (QED) is 0.317. The van der Waals surface area contributed by atoms with E-state index in [1.54, 1.807) is 23.1 Å². The van der Waals surface area contributed by atoms with Gasteiger partial charge in [0.2, 0.25) is 0 Å². The number of morpholine rings is 1. The third-order valence-corrected chi connectivity index (χ3v) is 7.81. The number of nitrogens with zero attached hydrogens (tertiary/aromatic N) is 2. The molecule has 1 fully saturated rings. The van der Waals surface area contributed by atoms with Gasteiger partial charge in [0, 0.05) is 28.0 Å². The van der Waals surface area contributed by atoms with Crippen LogP contribution in [0.15, 0.2) is 72.8 Å². The Balaban J connectivity index is 1.36. The number of carbonyl (C=O) groups is 3. The zero-order valence-corrected chi connectivity index (χ0v) is 22.1. The fourth-order valence-corrected chi connectivity index (χ4v) is 5.67. The number of ether oxygens (including phenoxy) is 1. The van der Waals surface area contributed by atoms with Gasteiger partial charge in [0.25, 0.3) is 11.8 Å². The molecule has 0 bridgehead atoms. The first-order valence-electron chi connectivity index (χ1n) is 12.0. The molecule has 3 aromatic carbocycles. The summed E-state index contributed by atoms with van der Waals surface area (Å²) in [5.41, 5.74) is 5.69. The molecule has 38 heavy (non-hydrogen) atoms. The lowest BCUT2D eigenvalue weighted by Crippen LogP contribution is -2.47. The smallest absolute Gasteiger partial charge is 0.340 e. The number of anilines is 2. The Kier molecular flexibility index (Phi) is 7.59. The summed E-state index contributed by atoms with van der Waals surface area (Å²) < 4.78 is 6.10. The molecule has 2 heterocycles. The second kappa shape index (κ2) is 11.2. The molecule has 0 aliphatic carbocycles. The first kappa shape index (κ1) is 25.7. The van der Waals surface area contributed by atoms with Crippen molar-refractivity contribution in [2.75, 3.05) is 30.0 Å². The highest BCUT2D eigenvalue weighted by molar-refractivity contribution is 7.21. The Morgan fingerprint density at radius 1 is 1.08 bits per heavy atom. The number of amides is 4. The minimum atomic E-state index is -0.519. The van der Waals surface area contributed by atoms with Gasteiger partial charge >= 0.3 is 6.03 Å². The van der Waals surface area contributed by atoms with Crippen molar-refractivity contribution in [1.29, 1.82) is 0 Å². The van der Waals surface area contributed by atoms with Gasteiger partial charge in [-0.2, -0.15) is 0 Å². The average molecular weight is 549 g/mol. The van der Waals surface area contributed by atoms with Gasteiger partial charge in [0.15, 0.2) is 0 Å². The lowest BCUT2D eigenvalue weighted by atomic mass is 10.1. The Bertz CT molecular complexity index is 1510. The van der Waals surface area contributed by atoms with E-state index in [4.69, 9.17) is 16.3 Å². The molecular weight excluding hydrogens is 524 g/mol. The van der Waals surface area contributed by atoms with E-state index in [0.717, 1.165) is 26.9 Å².